The van der Waals surface area contributed by atoms with Crippen LogP contribution in [0, 0.1) is 19.8 Å². The summed E-state index contributed by atoms with van der Waals surface area (Å²) in [5.74, 6) is 0.887. The van der Waals surface area contributed by atoms with E-state index in [2.05, 4.69) is 4.89 Å². The number of hydrogen-bond acceptors (Lipinski definition) is 4. The van der Waals surface area contributed by atoms with Crippen LogP contribution in [0.25, 0.3) is 0 Å². The molecule has 0 bridgehead atoms. The van der Waals surface area contributed by atoms with Crippen LogP contribution in [0.15, 0.2) is 17.0 Å². The first-order valence-corrected chi connectivity index (χ1v) is 7.55. The number of aryl methyl sites for hydroxylation is 2. The van der Waals surface area contributed by atoms with E-state index in [0.29, 0.717) is 23.5 Å². The molecule has 0 saturated heterocycles. The number of nitrogens with one attached hydrogen (secondary N) is 1. The normalized spacial score (nSPS) is 11.9. The number of methoxy groups -OCH3 is 1. The zero-order valence-electron chi connectivity index (χ0n) is 12.0. The third-order valence-corrected chi connectivity index (χ3v) is 4.04. The molecule has 1 aromatic carbocycles. The first-order chi connectivity index (χ1) is 8.77. The van der Waals surface area contributed by atoms with Gasteiger partial charge < -0.3 is 4.74 Å². The average molecular weight is 287 g/mol. The topological polar surface area (TPSA) is 64.6 Å². The molecule has 0 aliphatic carbocycles. The quantitative estimate of drug-likeness (QED) is 0.814. The third-order valence-electron chi connectivity index (χ3n) is 2.52. The Balaban J connectivity index is 3.01. The van der Waals surface area contributed by atoms with Gasteiger partial charge in [0, 0.05) is 0 Å². The summed E-state index contributed by atoms with van der Waals surface area (Å²) in [6.07, 6.45) is 0. The average Bonchev–Trinajstić information content (AvgIpc) is 2.26. The first kappa shape index (κ1) is 15.9. The molecule has 1 aromatic rings. The van der Waals surface area contributed by atoms with Gasteiger partial charge in [-0.25, -0.2) is 8.42 Å². The predicted molar refractivity (Wildman–Crippen MR) is 73.6 cm³/mol. The Morgan fingerprint density at radius 3 is 2.16 bits per heavy atom. The van der Waals surface area contributed by atoms with Gasteiger partial charge in [0.1, 0.15) is 5.75 Å². The van der Waals surface area contributed by atoms with Crippen molar-refractivity contribution >= 4 is 10.0 Å². The Kier molecular flexibility index (Phi) is 5.34. The summed E-state index contributed by atoms with van der Waals surface area (Å²) in [6, 6.07) is 3.37. The number of sulfonamides is 1. The minimum absolute atomic E-state index is 0.233. The summed E-state index contributed by atoms with van der Waals surface area (Å²) in [7, 11) is -2.12. The highest BCUT2D eigenvalue weighted by molar-refractivity contribution is 7.89. The van der Waals surface area contributed by atoms with Crippen molar-refractivity contribution in [1.82, 2.24) is 4.89 Å². The number of hydrogen-bond donors (Lipinski definition) is 1. The Labute approximate surface area is 114 Å². The highest BCUT2D eigenvalue weighted by atomic mass is 32.2. The summed E-state index contributed by atoms with van der Waals surface area (Å²) in [5, 5.41) is 0. The lowest BCUT2D eigenvalue weighted by atomic mass is 10.1. The van der Waals surface area contributed by atoms with Crippen LogP contribution in [-0.4, -0.2) is 22.1 Å². The molecule has 1 rings (SSSR count). The fourth-order valence-corrected chi connectivity index (χ4v) is 3.04. The molecule has 0 radical (unpaired) electrons. The second kappa shape index (κ2) is 6.36. The van der Waals surface area contributed by atoms with E-state index in [1.807, 2.05) is 13.8 Å². The molecule has 19 heavy (non-hydrogen) atoms. The van der Waals surface area contributed by atoms with Crippen LogP contribution in [0.3, 0.4) is 0 Å². The minimum atomic E-state index is -3.67. The van der Waals surface area contributed by atoms with Gasteiger partial charge in [0.05, 0.1) is 18.6 Å². The van der Waals surface area contributed by atoms with Crippen LogP contribution < -0.4 is 9.62 Å². The van der Waals surface area contributed by atoms with Crippen LogP contribution in [0.2, 0.25) is 0 Å². The lowest BCUT2D eigenvalue weighted by Gasteiger charge is -2.14. The Bertz CT molecular complexity index is 515. The predicted octanol–water partition coefficient (Wildman–Crippen LogP) is 2.18. The minimum Gasteiger partial charge on any atom is -0.497 e. The van der Waals surface area contributed by atoms with E-state index in [1.54, 1.807) is 33.1 Å². The van der Waals surface area contributed by atoms with Gasteiger partial charge in [-0.1, -0.05) is 18.7 Å². The van der Waals surface area contributed by atoms with Crippen molar-refractivity contribution in [3.8, 4) is 5.75 Å². The zero-order chi connectivity index (χ0) is 14.6. The molecule has 0 atom stereocenters. The second-order valence-electron chi connectivity index (χ2n) is 4.88. The van der Waals surface area contributed by atoms with E-state index in [4.69, 9.17) is 9.57 Å². The molecular weight excluding hydrogens is 266 g/mol. The summed E-state index contributed by atoms with van der Waals surface area (Å²) in [6.45, 7) is 7.67. The maximum Gasteiger partial charge on any atom is 0.262 e. The molecule has 0 heterocycles. The molecule has 0 fully saturated rings. The van der Waals surface area contributed by atoms with Gasteiger partial charge in [0.25, 0.3) is 10.0 Å². The Morgan fingerprint density at radius 1 is 1.21 bits per heavy atom. The number of ether oxygens (including phenoxy) is 1. The Hall–Kier alpha value is -1.11. The van der Waals surface area contributed by atoms with Crippen LogP contribution in [0.4, 0.5) is 0 Å². The van der Waals surface area contributed by atoms with Gasteiger partial charge in [-0.2, -0.15) is 0 Å². The molecule has 6 heteroatoms. The van der Waals surface area contributed by atoms with Crippen LogP contribution in [-0.2, 0) is 14.9 Å². The molecule has 108 valence electrons. The molecule has 0 spiro atoms. The molecule has 5 nitrogen and oxygen atoms in total. The summed E-state index contributed by atoms with van der Waals surface area (Å²) in [5.41, 5.74) is 1.25. The number of rotatable bonds is 6. The van der Waals surface area contributed by atoms with Crippen molar-refractivity contribution in [2.45, 2.75) is 32.6 Å². The van der Waals surface area contributed by atoms with Gasteiger partial charge in [0.15, 0.2) is 0 Å². The largest absolute Gasteiger partial charge is 0.497 e. The van der Waals surface area contributed by atoms with Crippen molar-refractivity contribution in [3.05, 3.63) is 23.3 Å². The van der Waals surface area contributed by atoms with Crippen LogP contribution >= 0.6 is 0 Å². The van der Waals surface area contributed by atoms with Crippen molar-refractivity contribution in [1.29, 1.82) is 0 Å². The summed E-state index contributed by atoms with van der Waals surface area (Å²) >= 11 is 0. The molecule has 0 aromatic heterocycles. The number of benzene rings is 1. The van der Waals surface area contributed by atoms with Gasteiger partial charge in [-0.15, -0.1) is 0 Å². The molecule has 1 N–H and O–H groups in total. The molecule has 0 saturated carbocycles. The zero-order valence-corrected chi connectivity index (χ0v) is 12.8. The fraction of sp³-hybridized carbons (Fsp3) is 0.538. The van der Waals surface area contributed by atoms with Crippen molar-refractivity contribution in [2.24, 2.45) is 5.92 Å². The van der Waals surface area contributed by atoms with Crippen molar-refractivity contribution < 1.29 is 18.0 Å². The molecule has 0 unspecified atom stereocenters. The second-order valence-corrected chi connectivity index (χ2v) is 6.46. The highest BCUT2D eigenvalue weighted by Gasteiger charge is 2.20. The molecule has 0 aliphatic heterocycles. The lowest BCUT2D eigenvalue weighted by Crippen LogP contribution is -2.27. The van der Waals surface area contributed by atoms with E-state index in [0.717, 1.165) is 0 Å². The Morgan fingerprint density at radius 2 is 1.74 bits per heavy atom. The van der Waals surface area contributed by atoms with Gasteiger partial charge >= 0.3 is 0 Å². The molecule has 0 aliphatic rings. The first-order valence-electron chi connectivity index (χ1n) is 6.06. The summed E-state index contributed by atoms with van der Waals surface area (Å²) in [4.78, 5) is 7.40. The van der Waals surface area contributed by atoms with E-state index in [9.17, 15) is 8.42 Å². The highest BCUT2D eigenvalue weighted by Crippen LogP contribution is 2.25. The summed E-state index contributed by atoms with van der Waals surface area (Å²) < 4.78 is 29.5. The van der Waals surface area contributed by atoms with Gasteiger partial charge in [-0.05, 0) is 43.0 Å². The SMILES string of the molecule is COc1cc(C)c(S(=O)(=O)NOCC(C)C)c(C)c1. The lowest BCUT2D eigenvalue weighted by molar-refractivity contribution is 0.0718. The van der Waals surface area contributed by atoms with Crippen LogP contribution in [0.1, 0.15) is 25.0 Å². The van der Waals surface area contributed by atoms with Crippen molar-refractivity contribution in [3.63, 3.8) is 0 Å². The standard InChI is InChI=1S/C13H21NO4S/c1-9(2)8-18-14-19(15,16)13-10(3)6-12(17-5)7-11(13)4/h6-7,9,14H,8H2,1-5H3. The van der Waals surface area contributed by atoms with Crippen molar-refractivity contribution in [2.75, 3.05) is 13.7 Å². The maximum absolute atomic E-state index is 12.2. The van der Waals surface area contributed by atoms with E-state index >= 15 is 0 Å². The third kappa shape index (κ3) is 4.19. The van der Waals surface area contributed by atoms with Crippen LogP contribution in [0.5, 0.6) is 5.75 Å². The smallest absolute Gasteiger partial charge is 0.262 e. The van der Waals surface area contributed by atoms with E-state index in [-0.39, 0.29) is 10.8 Å². The monoisotopic (exact) mass is 287 g/mol. The van der Waals surface area contributed by atoms with Gasteiger partial charge in [-0.3, -0.25) is 4.84 Å². The fourth-order valence-electron chi connectivity index (χ4n) is 1.77. The van der Waals surface area contributed by atoms with E-state index in [1.165, 1.54) is 0 Å². The maximum atomic E-state index is 12.2. The molecule has 0 amide bonds. The molecular formula is C13H21NO4S. The van der Waals surface area contributed by atoms with Gasteiger partial charge in [0.2, 0.25) is 0 Å². The van der Waals surface area contributed by atoms with E-state index < -0.39 is 10.0 Å².